The van der Waals surface area contributed by atoms with E-state index in [1.165, 1.54) is 18.2 Å². The van der Waals surface area contributed by atoms with Crippen molar-refractivity contribution in [3.63, 3.8) is 0 Å². The van der Waals surface area contributed by atoms with Crippen LogP contribution in [-0.4, -0.2) is 40.6 Å². The molecule has 1 aromatic heterocycles. The third-order valence-electron chi connectivity index (χ3n) is 5.88. The molecule has 0 aliphatic carbocycles. The van der Waals surface area contributed by atoms with Gasteiger partial charge in [0.1, 0.15) is 17.2 Å². The number of amides is 3. The van der Waals surface area contributed by atoms with Crippen molar-refractivity contribution in [1.82, 2.24) is 9.78 Å². The van der Waals surface area contributed by atoms with Crippen LogP contribution >= 0.6 is 0 Å². The number of rotatable bonds is 4. The van der Waals surface area contributed by atoms with Crippen LogP contribution in [-0.2, 0) is 11.2 Å². The maximum absolute atomic E-state index is 14.5. The minimum atomic E-state index is -0.766. The van der Waals surface area contributed by atoms with Crippen molar-refractivity contribution in [2.45, 2.75) is 19.3 Å². The van der Waals surface area contributed by atoms with Gasteiger partial charge in [0.2, 0.25) is 5.91 Å². The van der Waals surface area contributed by atoms with Crippen molar-refractivity contribution in [3.8, 4) is 5.69 Å². The summed E-state index contributed by atoms with van der Waals surface area (Å²) < 4.78 is 15.7. The minimum Gasteiger partial charge on any atom is -0.364 e. The summed E-state index contributed by atoms with van der Waals surface area (Å²) in [5.41, 5.74) is 7.48. The lowest BCUT2D eigenvalue weighted by atomic mass is 10.0. The third kappa shape index (κ3) is 3.13. The molecule has 9 heteroatoms. The van der Waals surface area contributed by atoms with Gasteiger partial charge in [-0.2, -0.15) is 5.10 Å². The monoisotopic (exact) mass is 433 g/mol. The molecule has 2 aliphatic rings. The van der Waals surface area contributed by atoms with Gasteiger partial charge >= 0.3 is 0 Å². The quantitative estimate of drug-likeness (QED) is 0.683. The topological polar surface area (TPSA) is 102 Å². The summed E-state index contributed by atoms with van der Waals surface area (Å²) in [4.78, 5) is 40.7. The van der Waals surface area contributed by atoms with Crippen LogP contribution in [0.3, 0.4) is 0 Å². The van der Waals surface area contributed by atoms with Gasteiger partial charge in [0, 0.05) is 36.4 Å². The molecule has 1 fully saturated rings. The Balaban J connectivity index is 1.54. The zero-order chi connectivity index (χ0) is 22.4. The number of nitrogens with two attached hydrogens (primary N) is 1. The van der Waals surface area contributed by atoms with E-state index in [2.05, 4.69) is 5.10 Å². The lowest BCUT2D eigenvalue weighted by Gasteiger charge is -2.28. The van der Waals surface area contributed by atoms with Crippen LogP contribution in [0.2, 0.25) is 0 Å². The molecule has 3 heterocycles. The van der Waals surface area contributed by atoms with Crippen LogP contribution in [0.1, 0.15) is 39.4 Å². The second kappa shape index (κ2) is 7.60. The predicted molar refractivity (Wildman–Crippen MR) is 115 cm³/mol. The molecule has 0 bridgehead atoms. The number of aromatic nitrogens is 2. The first-order valence-electron chi connectivity index (χ1n) is 10.3. The summed E-state index contributed by atoms with van der Waals surface area (Å²) in [5.74, 6) is -1.65. The molecule has 0 spiro atoms. The molecular formula is C23H20FN5O3. The number of nitrogens with zero attached hydrogens (tertiary/aromatic N) is 4. The highest BCUT2D eigenvalue weighted by Crippen LogP contribution is 2.31. The Labute approximate surface area is 183 Å². The normalized spacial score (nSPS) is 15.9. The van der Waals surface area contributed by atoms with E-state index in [4.69, 9.17) is 5.73 Å². The van der Waals surface area contributed by atoms with Gasteiger partial charge in [-0.25, -0.2) is 9.07 Å². The van der Waals surface area contributed by atoms with Gasteiger partial charge in [-0.05, 0) is 49.2 Å². The van der Waals surface area contributed by atoms with Crippen LogP contribution in [0.5, 0.6) is 0 Å². The molecule has 3 amide bonds. The summed E-state index contributed by atoms with van der Waals surface area (Å²) in [6.07, 6.45) is 1.72. The fourth-order valence-electron chi connectivity index (χ4n) is 4.34. The first kappa shape index (κ1) is 19.9. The molecular weight excluding hydrogens is 413 g/mol. The van der Waals surface area contributed by atoms with Crippen LogP contribution in [0, 0.1) is 5.82 Å². The molecule has 0 unspecified atom stereocenters. The Morgan fingerprint density at radius 1 is 0.938 bits per heavy atom. The number of primary amides is 1. The van der Waals surface area contributed by atoms with Crippen molar-refractivity contribution >= 4 is 29.1 Å². The number of hydrogen-bond acceptors (Lipinski definition) is 4. The molecule has 2 aliphatic heterocycles. The Bertz CT molecular complexity index is 1250. The highest BCUT2D eigenvalue weighted by atomic mass is 19.1. The average Bonchev–Trinajstić information content (AvgIpc) is 3.39. The summed E-state index contributed by atoms with van der Waals surface area (Å²) in [6, 6.07) is 13.1. The van der Waals surface area contributed by atoms with E-state index in [-0.39, 0.29) is 23.0 Å². The van der Waals surface area contributed by atoms with Gasteiger partial charge in [0.25, 0.3) is 11.8 Å². The largest absolute Gasteiger partial charge is 0.364 e. The van der Waals surface area contributed by atoms with E-state index in [0.29, 0.717) is 37.2 Å². The molecule has 1 saturated heterocycles. The lowest BCUT2D eigenvalue weighted by molar-refractivity contribution is -0.117. The molecule has 32 heavy (non-hydrogen) atoms. The highest BCUT2D eigenvalue weighted by Gasteiger charge is 2.35. The molecule has 2 N–H and O–H groups in total. The van der Waals surface area contributed by atoms with Gasteiger partial charge in [-0.3, -0.25) is 14.4 Å². The van der Waals surface area contributed by atoms with Crippen LogP contribution in [0.15, 0.2) is 48.5 Å². The smallest absolute Gasteiger partial charge is 0.277 e. The average molecular weight is 433 g/mol. The van der Waals surface area contributed by atoms with E-state index in [0.717, 1.165) is 16.8 Å². The second-order valence-corrected chi connectivity index (χ2v) is 7.78. The highest BCUT2D eigenvalue weighted by molar-refractivity contribution is 6.09. The van der Waals surface area contributed by atoms with Gasteiger partial charge in [-0.1, -0.05) is 12.1 Å². The number of fused-ring (bicyclic) bond motifs is 1. The molecule has 0 saturated carbocycles. The van der Waals surface area contributed by atoms with Crippen LogP contribution < -0.4 is 15.5 Å². The first-order valence-corrected chi connectivity index (χ1v) is 10.3. The SMILES string of the molecule is NC(=O)c1nn(-c2ccccc2F)c2c1CCN(c1ccc(N3CCCC3=O)cc1)C2=O. The van der Waals surface area contributed by atoms with Crippen molar-refractivity contribution in [2.75, 3.05) is 22.9 Å². The summed E-state index contributed by atoms with van der Waals surface area (Å²) >= 11 is 0. The number of halogens is 1. The van der Waals surface area contributed by atoms with E-state index in [1.807, 2.05) is 12.1 Å². The fraction of sp³-hybridized carbons (Fsp3) is 0.217. The van der Waals surface area contributed by atoms with Gasteiger partial charge < -0.3 is 15.5 Å². The van der Waals surface area contributed by atoms with Crippen LogP contribution in [0.4, 0.5) is 15.8 Å². The number of carbonyl (C=O) groups excluding carboxylic acids is 3. The van der Waals surface area contributed by atoms with Crippen molar-refractivity contribution < 1.29 is 18.8 Å². The molecule has 0 radical (unpaired) electrons. The lowest BCUT2D eigenvalue weighted by Crippen LogP contribution is -2.39. The fourth-order valence-corrected chi connectivity index (χ4v) is 4.34. The zero-order valence-electron chi connectivity index (χ0n) is 17.1. The molecule has 2 aromatic carbocycles. The number of para-hydroxylation sites is 1. The predicted octanol–water partition coefficient (Wildman–Crippen LogP) is 2.44. The number of hydrogen-bond donors (Lipinski definition) is 1. The van der Waals surface area contributed by atoms with Gasteiger partial charge in [0.05, 0.1) is 0 Å². The number of anilines is 2. The molecule has 162 valence electrons. The summed E-state index contributed by atoms with van der Waals surface area (Å²) in [6.45, 7) is 0.999. The maximum atomic E-state index is 14.5. The standard InChI is InChI=1S/C23H20FN5O3/c24-17-4-1-2-5-18(17)29-21-16(20(26-29)22(25)31)11-13-28(23(21)32)15-9-7-14(8-10-15)27-12-3-6-19(27)30/h1-2,4-5,7-10H,3,6,11-13H2,(H2,25,31). The van der Waals surface area contributed by atoms with E-state index >= 15 is 0 Å². The Morgan fingerprint density at radius 3 is 2.25 bits per heavy atom. The zero-order valence-corrected chi connectivity index (χ0v) is 17.1. The Hall–Kier alpha value is -4.01. The molecule has 0 atom stereocenters. The van der Waals surface area contributed by atoms with E-state index in [1.54, 1.807) is 28.0 Å². The number of benzene rings is 2. The van der Waals surface area contributed by atoms with Crippen molar-refractivity contribution in [1.29, 1.82) is 0 Å². The first-order chi connectivity index (χ1) is 15.5. The van der Waals surface area contributed by atoms with Crippen LogP contribution in [0.25, 0.3) is 5.69 Å². The van der Waals surface area contributed by atoms with E-state index < -0.39 is 17.6 Å². The second-order valence-electron chi connectivity index (χ2n) is 7.78. The summed E-state index contributed by atoms with van der Waals surface area (Å²) in [5, 5.41) is 4.19. The minimum absolute atomic E-state index is 0.0286. The Morgan fingerprint density at radius 2 is 1.62 bits per heavy atom. The third-order valence-corrected chi connectivity index (χ3v) is 5.88. The van der Waals surface area contributed by atoms with Gasteiger partial charge in [-0.15, -0.1) is 0 Å². The Kier molecular flexibility index (Phi) is 4.73. The molecule has 8 nitrogen and oxygen atoms in total. The van der Waals surface area contributed by atoms with Gasteiger partial charge in [0.15, 0.2) is 5.69 Å². The molecule has 3 aromatic rings. The van der Waals surface area contributed by atoms with Crippen molar-refractivity contribution in [2.24, 2.45) is 5.73 Å². The molecule has 5 rings (SSSR count). The number of carbonyl (C=O) groups is 3. The van der Waals surface area contributed by atoms with E-state index in [9.17, 15) is 18.8 Å². The maximum Gasteiger partial charge on any atom is 0.277 e. The summed E-state index contributed by atoms with van der Waals surface area (Å²) in [7, 11) is 0. The van der Waals surface area contributed by atoms with Crippen molar-refractivity contribution in [3.05, 3.63) is 71.3 Å².